The standard InChI is InChI=1S/C33H42F3N7O3/c1-20-24(8-7-9-27(20)33(34,35)36)21(2)38-29-25-18-28(37-19-26(25)22(3)39-40-29)41-14-16-42(17-15-41)30(44)23-10-12-43(13-11-23)31(45)46-32(4,5)6/h7-9,18-19,21,23H,10-17H2,1-6H3,(H,38,40)/t21-/m1/s1. The molecule has 2 aromatic heterocycles. The minimum absolute atomic E-state index is 0.117. The van der Waals surface area contributed by atoms with Gasteiger partial charge >= 0.3 is 12.3 Å². The second-order valence-electron chi connectivity index (χ2n) is 13.2. The number of ether oxygens (including phenoxy) is 1. The molecule has 2 aliphatic rings. The number of fused-ring (bicyclic) bond motifs is 1. The summed E-state index contributed by atoms with van der Waals surface area (Å²) in [6.07, 6.45) is -1.81. The number of amides is 2. The summed E-state index contributed by atoms with van der Waals surface area (Å²) in [5.41, 5.74) is 0.167. The van der Waals surface area contributed by atoms with Crippen LogP contribution in [0.4, 0.5) is 29.6 Å². The van der Waals surface area contributed by atoms with Crippen molar-refractivity contribution in [2.45, 2.75) is 72.2 Å². The lowest BCUT2D eigenvalue weighted by molar-refractivity contribution is -0.138. The Balaban J connectivity index is 1.24. The van der Waals surface area contributed by atoms with Crippen LogP contribution in [0.15, 0.2) is 30.5 Å². The predicted octanol–water partition coefficient (Wildman–Crippen LogP) is 6.13. The van der Waals surface area contributed by atoms with Gasteiger partial charge in [-0.1, -0.05) is 12.1 Å². The van der Waals surface area contributed by atoms with Crippen LogP contribution in [-0.2, 0) is 15.7 Å². The molecule has 0 spiro atoms. The number of aromatic nitrogens is 3. The molecule has 3 aromatic rings. The van der Waals surface area contributed by atoms with E-state index in [1.165, 1.54) is 13.0 Å². The van der Waals surface area contributed by atoms with E-state index in [4.69, 9.17) is 4.74 Å². The molecule has 0 aliphatic carbocycles. The SMILES string of the molecule is Cc1c([C@@H](C)Nc2nnc(C)c3cnc(N4CCN(C(=O)C5CCN(C(=O)OC(C)(C)C)CC5)CC4)cc23)cccc1C(F)(F)F. The van der Waals surface area contributed by atoms with E-state index in [0.717, 1.165) is 22.7 Å². The number of pyridine rings is 1. The van der Waals surface area contributed by atoms with Crippen LogP contribution in [0.1, 0.15) is 69.0 Å². The van der Waals surface area contributed by atoms with Crippen molar-refractivity contribution < 1.29 is 27.5 Å². The number of piperazine rings is 1. The third-order valence-corrected chi connectivity index (χ3v) is 8.75. The van der Waals surface area contributed by atoms with Gasteiger partial charge in [0.1, 0.15) is 11.4 Å². The van der Waals surface area contributed by atoms with Crippen LogP contribution in [0.3, 0.4) is 0 Å². The van der Waals surface area contributed by atoms with Crippen molar-refractivity contribution in [2.24, 2.45) is 5.92 Å². The van der Waals surface area contributed by atoms with Crippen LogP contribution < -0.4 is 10.2 Å². The Labute approximate surface area is 267 Å². The number of hydrogen-bond acceptors (Lipinski definition) is 8. The number of nitrogens with one attached hydrogen (secondary N) is 1. The van der Waals surface area contributed by atoms with Crippen molar-refractivity contribution in [3.8, 4) is 0 Å². The minimum Gasteiger partial charge on any atom is -0.444 e. The molecule has 1 aromatic carbocycles. The average molecular weight is 642 g/mol. The van der Waals surface area contributed by atoms with Crippen LogP contribution in [0.5, 0.6) is 0 Å². The van der Waals surface area contributed by atoms with Gasteiger partial charge in [-0.25, -0.2) is 9.78 Å². The number of piperidine rings is 1. The van der Waals surface area contributed by atoms with Crippen molar-refractivity contribution in [3.63, 3.8) is 0 Å². The van der Waals surface area contributed by atoms with E-state index in [2.05, 4.69) is 25.4 Å². The van der Waals surface area contributed by atoms with Gasteiger partial charge in [-0.3, -0.25) is 4.79 Å². The minimum atomic E-state index is -4.44. The quantitative estimate of drug-likeness (QED) is 0.355. The van der Waals surface area contributed by atoms with Crippen LogP contribution in [0.25, 0.3) is 10.8 Å². The van der Waals surface area contributed by atoms with Gasteiger partial charge in [-0.05, 0) is 77.6 Å². The number of benzene rings is 1. The highest BCUT2D eigenvalue weighted by molar-refractivity contribution is 5.94. The summed E-state index contributed by atoms with van der Waals surface area (Å²) in [5, 5.41) is 13.5. The fourth-order valence-corrected chi connectivity index (χ4v) is 6.20. The first-order valence-electron chi connectivity index (χ1n) is 15.7. The van der Waals surface area contributed by atoms with Crippen LogP contribution in [0, 0.1) is 19.8 Å². The summed E-state index contributed by atoms with van der Waals surface area (Å²) in [4.78, 5) is 36.1. The van der Waals surface area contributed by atoms with Crippen molar-refractivity contribution in [1.82, 2.24) is 25.0 Å². The normalized spacial score (nSPS) is 17.3. The number of anilines is 2. The molecule has 2 fully saturated rings. The second-order valence-corrected chi connectivity index (χ2v) is 13.2. The molecule has 0 saturated carbocycles. The van der Waals surface area contributed by atoms with Crippen molar-refractivity contribution in [1.29, 1.82) is 0 Å². The van der Waals surface area contributed by atoms with E-state index < -0.39 is 23.4 Å². The first-order valence-corrected chi connectivity index (χ1v) is 15.7. The van der Waals surface area contributed by atoms with Gasteiger partial charge < -0.3 is 24.8 Å². The zero-order chi connectivity index (χ0) is 33.4. The topological polar surface area (TPSA) is 104 Å². The summed E-state index contributed by atoms with van der Waals surface area (Å²) in [6, 6.07) is 5.65. The Hall–Kier alpha value is -4.16. The number of rotatable bonds is 5. The van der Waals surface area contributed by atoms with Gasteiger partial charge in [0, 0.05) is 62.2 Å². The maximum atomic E-state index is 13.5. The third-order valence-electron chi connectivity index (χ3n) is 8.75. The smallest absolute Gasteiger partial charge is 0.416 e. The molecule has 0 unspecified atom stereocenters. The Morgan fingerprint density at radius 2 is 1.63 bits per heavy atom. The van der Waals surface area contributed by atoms with Gasteiger partial charge in [0.2, 0.25) is 5.91 Å². The van der Waals surface area contributed by atoms with Crippen molar-refractivity contribution >= 4 is 34.4 Å². The largest absolute Gasteiger partial charge is 0.444 e. The average Bonchev–Trinajstić information content (AvgIpc) is 3.00. The van der Waals surface area contributed by atoms with E-state index in [0.29, 0.717) is 69.2 Å². The fourth-order valence-electron chi connectivity index (χ4n) is 6.20. The Morgan fingerprint density at radius 3 is 2.26 bits per heavy atom. The van der Waals surface area contributed by atoms with Gasteiger partial charge in [0.05, 0.1) is 17.3 Å². The summed E-state index contributed by atoms with van der Waals surface area (Å²) in [5.74, 6) is 1.18. The number of aryl methyl sites for hydroxylation is 1. The molecule has 13 heteroatoms. The Bertz CT molecular complexity index is 1590. The van der Waals surface area contributed by atoms with Gasteiger partial charge in [-0.15, -0.1) is 5.10 Å². The predicted molar refractivity (Wildman–Crippen MR) is 170 cm³/mol. The van der Waals surface area contributed by atoms with E-state index >= 15 is 0 Å². The molecule has 0 bridgehead atoms. The van der Waals surface area contributed by atoms with Crippen molar-refractivity contribution in [2.75, 3.05) is 49.5 Å². The summed E-state index contributed by atoms with van der Waals surface area (Å²) in [6.45, 7) is 13.9. The lowest BCUT2D eigenvalue weighted by Crippen LogP contribution is -2.52. The van der Waals surface area contributed by atoms with E-state index in [-0.39, 0.29) is 23.5 Å². The third kappa shape index (κ3) is 7.28. The summed E-state index contributed by atoms with van der Waals surface area (Å²) >= 11 is 0. The number of carbonyl (C=O) groups is 2. The maximum absolute atomic E-state index is 13.5. The summed E-state index contributed by atoms with van der Waals surface area (Å²) in [7, 11) is 0. The molecule has 10 nitrogen and oxygen atoms in total. The second kappa shape index (κ2) is 12.9. The van der Waals surface area contributed by atoms with Gasteiger partial charge in [-0.2, -0.15) is 18.3 Å². The molecule has 0 radical (unpaired) electrons. The molecule has 1 atom stereocenters. The Morgan fingerprint density at radius 1 is 0.957 bits per heavy atom. The van der Waals surface area contributed by atoms with Crippen LogP contribution in [0.2, 0.25) is 0 Å². The molecular formula is C33H42F3N7O3. The monoisotopic (exact) mass is 641 g/mol. The number of alkyl halides is 3. The Kier molecular flexibility index (Phi) is 9.33. The number of carbonyl (C=O) groups excluding carboxylic acids is 2. The van der Waals surface area contributed by atoms with Gasteiger partial charge in [0.15, 0.2) is 5.82 Å². The van der Waals surface area contributed by atoms with E-state index in [1.54, 1.807) is 24.1 Å². The molecule has 46 heavy (non-hydrogen) atoms. The fraction of sp³-hybridized carbons (Fsp3) is 0.545. The first-order chi connectivity index (χ1) is 21.6. The summed E-state index contributed by atoms with van der Waals surface area (Å²) < 4.78 is 46.1. The molecular weight excluding hydrogens is 599 g/mol. The first kappa shape index (κ1) is 33.2. The molecule has 2 saturated heterocycles. The molecule has 1 N–H and O–H groups in total. The number of hydrogen-bond donors (Lipinski definition) is 1. The van der Waals surface area contributed by atoms with Crippen LogP contribution >= 0.6 is 0 Å². The highest BCUT2D eigenvalue weighted by Gasteiger charge is 2.35. The molecule has 2 aliphatic heterocycles. The maximum Gasteiger partial charge on any atom is 0.416 e. The number of likely N-dealkylation sites (tertiary alicyclic amines) is 1. The number of halogens is 3. The van der Waals surface area contributed by atoms with Crippen molar-refractivity contribution in [3.05, 3.63) is 52.8 Å². The highest BCUT2D eigenvalue weighted by Crippen LogP contribution is 2.36. The van der Waals surface area contributed by atoms with Gasteiger partial charge in [0.25, 0.3) is 0 Å². The van der Waals surface area contributed by atoms with E-state index in [9.17, 15) is 22.8 Å². The zero-order valence-electron chi connectivity index (χ0n) is 27.2. The molecule has 5 rings (SSSR count). The molecule has 248 valence electrons. The number of nitrogens with zero attached hydrogens (tertiary/aromatic N) is 6. The van der Waals surface area contributed by atoms with E-state index in [1.807, 2.05) is 38.7 Å². The lowest BCUT2D eigenvalue weighted by atomic mass is 9.95. The highest BCUT2D eigenvalue weighted by atomic mass is 19.4. The lowest BCUT2D eigenvalue weighted by Gasteiger charge is -2.39. The zero-order valence-corrected chi connectivity index (χ0v) is 27.2. The molecule has 4 heterocycles. The molecule has 2 amide bonds. The van der Waals surface area contributed by atoms with Crippen LogP contribution in [-0.4, -0.2) is 81.9 Å².